The van der Waals surface area contributed by atoms with Crippen LogP contribution in [0.4, 0.5) is 5.82 Å². The average molecular weight is 400 g/mol. The smallest absolute Gasteiger partial charge is 0.254 e. The Balaban J connectivity index is 1.27. The summed E-state index contributed by atoms with van der Waals surface area (Å²) in [5.74, 6) is 1.59. The van der Waals surface area contributed by atoms with Gasteiger partial charge in [-0.25, -0.2) is 19.3 Å². The fraction of sp³-hybridized carbons (Fsp3) is 0.190. The molecule has 0 N–H and O–H groups in total. The topological polar surface area (TPSA) is 85.0 Å². The predicted molar refractivity (Wildman–Crippen MR) is 111 cm³/mol. The van der Waals surface area contributed by atoms with E-state index in [2.05, 4.69) is 25.1 Å². The molecule has 1 aliphatic rings. The quantitative estimate of drug-likeness (QED) is 0.519. The van der Waals surface area contributed by atoms with Gasteiger partial charge in [0.05, 0.1) is 5.69 Å². The van der Waals surface area contributed by atoms with Gasteiger partial charge in [0.1, 0.15) is 12.1 Å². The van der Waals surface area contributed by atoms with Gasteiger partial charge >= 0.3 is 0 Å². The van der Waals surface area contributed by atoms with Crippen molar-refractivity contribution in [3.05, 3.63) is 79.1 Å². The number of hydrogen-bond donors (Lipinski definition) is 0. The second kappa shape index (κ2) is 7.78. The van der Waals surface area contributed by atoms with Crippen LogP contribution in [0.5, 0.6) is 0 Å². The zero-order valence-corrected chi connectivity index (χ0v) is 16.2. The van der Waals surface area contributed by atoms with Crippen molar-refractivity contribution in [3.63, 3.8) is 0 Å². The molecule has 4 aromatic rings. The van der Waals surface area contributed by atoms with Crippen molar-refractivity contribution in [2.45, 2.75) is 0 Å². The Morgan fingerprint density at radius 3 is 2.27 bits per heavy atom. The fourth-order valence-electron chi connectivity index (χ4n) is 3.56. The van der Waals surface area contributed by atoms with Crippen LogP contribution in [-0.4, -0.2) is 66.5 Å². The van der Waals surface area contributed by atoms with Gasteiger partial charge in [-0.1, -0.05) is 6.07 Å². The Morgan fingerprint density at radius 1 is 0.800 bits per heavy atom. The van der Waals surface area contributed by atoms with Gasteiger partial charge in [0.25, 0.3) is 5.91 Å². The van der Waals surface area contributed by atoms with Crippen molar-refractivity contribution in [2.75, 3.05) is 31.1 Å². The van der Waals surface area contributed by atoms with E-state index >= 15 is 0 Å². The molecular weight excluding hydrogens is 380 g/mol. The fourth-order valence-corrected chi connectivity index (χ4v) is 3.56. The van der Waals surface area contributed by atoms with Crippen LogP contribution in [0.3, 0.4) is 0 Å². The maximum absolute atomic E-state index is 13.0. The van der Waals surface area contributed by atoms with Gasteiger partial charge in [-0.15, -0.1) is 0 Å². The molecule has 4 heterocycles. The number of anilines is 1. The largest absolute Gasteiger partial charge is 0.353 e. The second-order valence-corrected chi connectivity index (χ2v) is 6.97. The van der Waals surface area contributed by atoms with E-state index in [9.17, 15) is 4.79 Å². The van der Waals surface area contributed by atoms with Crippen molar-refractivity contribution in [3.8, 4) is 11.5 Å². The summed E-state index contributed by atoms with van der Waals surface area (Å²) in [4.78, 5) is 25.7. The Bertz CT molecular complexity index is 1130. The predicted octanol–water partition coefficient (Wildman–Crippen LogP) is 1.81. The van der Waals surface area contributed by atoms with Crippen LogP contribution in [0.15, 0.2) is 73.6 Å². The van der Waals surface area contributed by atoms with Crippen LogP contribution in [0.2, 0.25) is 0 Å². The molecule has 1 aromatic carbocycles. The van der Waals surface area contributed by atoms with E-state index in [1.165, 1.54) is 0 Å². The number of rotatable bonds is 4. The van der Waals surface area contributed by atoms with Crippen LogP contribution < -0.4 is 4.90 Å². The lowest BCUT2D eigenvalue weighted by molar-refractivity contribution is 0.0746. The first kappa shape index (κ1) is 18.0. The number of nitrogens with zero attached hydrogens (tertiary/aromatic N) is 8. The van der Waals surface area contributed by atoms with Gasteiger partial charge in [-0.3, -0.25) is 4.79 Å². The number of piperazine rings is 1. The van der Waals surface area contributed by atoms with Gasteiger partial charge in [-0.05, 0) is 30.3 Å². The molecule has 3 aromatic heterocycles. The third-order valence-electron chi connectivity index (χ3n) is 5.13. The third-order valence-corrected chi connectivity index (χ3v) is 5.13. The second-order valence-electron chi connectivity index (χ2n) is 6.97. The van der Waals surface area contributed by atoms with Crippen LogP contribution >= 0.6 is 0 Å². The van der Waals surface area contributed by atoms with Crippen LogP contribution in [0, 0.1) is 0 Å². The van der Waals surface area contributed by atoms with E-state index in [-0.39, 0.29) is 5.91 Å². The first-order chi connectivity index (χ1) is 14.8. The highest BCUT2D eigenvalue weighted by Gasteiger charge is 2.23. The molecule has 0 spiro atoms. The zero-order chi connectivity index (χ0) is 20.3. The molecule has 0 radical (unpaired) electrons. The molecule has 5 rings (SSSR count). The number of amides is 1. The molecule has 1 aliphatic heterocycles. The SMILES string of the molecule is O=C(c1cccc(-n2cccn2)c1)N1CCN(c2cc(-n3cccn3)ncn2)CC1. The summed E-state index contributed by atoms with van der Waals surface area (Å²) in [6.07, 6.45) is 8.69. The number of carbonyl (C=O) groups is 1. The minimum absolute atomic E-state index is 0.0311. The van der Waals surface area contributed by atoms with Crippen LogP contribution in [0.25, 0.3) is 11.5 Å². The number of hydrogen-bond acceptors (Lipinski definition) is 6. The molecule has 0 saturated carbocycles. The molecular formula is C21H20N8O. The molecule has 0 bridgehead atoms. The number of benzene rings is 1. The summed E-state index contributed by atoms with van der Waals surface area (Å²) in [6.45, 7) is 2.68. The summed E-state index contributed by atoms with van der Waals surface area (Å²) >= 11 is 0. The molecule has 1 fully saturated rings. The van der Waals surface area contributed by atoms with Crippen molar-refractivity contribution < 1.29 is 4.79 Å². The monoisotopic (exact) mass is 400 g/mol. The Kier molecular flexibility index (Phi) is 4.68. The van der Waals surface area contributed by atoms with Gasteiger partial charge in [0.2, 0.25) is 0 Å². The first-order valence-corrected chi connectivity index (χ1v) is 9.74. The maximum atomic E-state index is 13.0. The van der Waals surface area contributed by atoms with Gasteiger partial charge in [0, 0.05) is 62.6 Å². The lowest BCUT2D eigenvalue weighted by Gasteiger charge is -2.35. The summed E-state index contributed by atoms with van der Waals surface area (Å²) in [7, 11) is 0. The van der Waals surface area contributed by atoms with E-state index < -0.39 is 0 Å². The Labute approximate surface area is 173 Å². The highest BCUT2D eigenvalue weighted by atomic mass is 16.2. The average Bonchev–Trinajstić information content (AvgIpc) is 3.54. The van der Waals surface area contributed by atoms with Crippen LogP contribution in [0.1, 0.15) is 10.4 Å². The minimum atomic E-state index is 0.0311. The highest BCUT2D eigenvalue weighted by molar-refractivity contribution is 5.95. The Hall–Kier alpha value is -4.01. The van der Waals surface area contributed by atoms with Crippen LogP contribution in [-0.2, 0) is 0 Å². The maximum Gasteiger partial charge on any atom is 0.254 e. The van der Waals surface area contributed by atoms with Gasteiger partial charge < -0.3 is 9.80 Å². The molecule has 0 atom stereocenters. The van der Waals surface area contributed by atoms with Crippen molar-refractivity contribution in [1.82, 2.24) is 34.4 Å². The summed E-state index contributed by atoms with van der Waals surface area (Å²) in [5.41, 5.74) is 1.54. The normalized spacial score (nSPS) is 14.1. The first-order valence-electron chi connectivity index (χ1n) is 9.74. The van der Waals surface area contributed by atoms with Crippen molar-refractivity contribution in [2.24, 2.45) is 0 Å². The van der Waals surface area contributed by atoms with E-state index in [4.69, 9.17) is 0 Å². The lowest BCUT2D eigenvalue weighted by atomic mass is 10.1. The molecule has 0 unspecified atom stereocenters. The summed E-state index contributed by atoms with van der Waals surface area (Å²) in [6, 6.07) is 13.2. The molecule has 150 valence electrons. The van der Waals surface area contributed by atoms with E-state index in [1.54, 1.807) is 28.1 Å². The molecule has 9 heteroatoms. The van der Waals surface area contributed by atoms with E-state index in [0.717, 1.165) is 17.3 Å². The van der Waals surface area contributed by atoms with E-state index in [1.807, 2.05) is 59.8 Å². The third kappa shape index (κ3) is 3.52. The molecule has 1 saturated heterocycles. The molecule has 0 aliphatic carbocycles. The lowest BCUT2D eigenvalue weighted by Crippen LogP contribution is -2.49. The molecule has 1 amide bonds. The zero-order valence-electron chi connectivity index (χ0n) is 16.2. The minimum Gasteiger partial charge on any atom is -0.353 e. The molecule has 9 nitrogen and oxygen atoms in total. The number of aromatic nitrogens is 6. The Morgan fingerprint density at radius 2 is 1.53 bits per heavy atom. The van der Waals surface area contributed by atoms with Crippen molar-refractivity contribution >= 4 is 11.7 Å². The standard InChI is InChI=1S/C21H20N8O/c30-21(17-4-1-5-18(14-17)28-8-2-6-24-28)27-12-10-26(11-13-27)19-15-20(23-16-22-19)29-9-3-7-25-29/h1-9,14-16H,10-13H2. The summed E-state index contributed by atoms with van der Waals surface area (Å²) < 4.78 is 3.46. The highest BCUT2D eigenvalue weighted by Crippen LogP contribution is 2.18. The van der Waals surface area contributed by atoms with E-state index in [0.29, 0.717) is 31.7 Å². The van der Waals surface area contributed by atoms with Gasteiger partial charge in [-0.2, -0.15) is 10.2 Å². The number of carbonyl (C=O) groups excluding carboxylic acids is 1. The summed E-state index contributed by atoms with van der Waals surface area (Å²) in [5, 5.41) is 8.45. The van der Waals surface area contributed by atoms with Crippen molar-refractivity contribution in [1.29, 1.82) is 0 Å². The molecule has 30 heavy (non-hydrogen) atoms. The van der Waals surface area contributed by atoms with Gasteiger partial charge in [0.15, 0.2) is 5.82 Å².